The van der Waals surface area contributed by atoms with Crippen molar-refractivity contribution in [1.29, 1.82) is 0 Å². The fourth-order valence-electron chi connectivity index (χ4n) is 1.85. The predicted molar refractivity (Wildman–Crippen MR) is 68.6 cm³/mol. The molecule has 1 aromatic carbocycles. The molecule has 0 saturated carbocycles. The van der Waals surface area contributed by atoms with E-state index in [0.717, 1.165) is 6.42 Å². The molecule has 1 atom stereocenters. The van der Waals surface area contributed by atoms with Gasteiger partial charge >= 0.3 is 0 Å². The highest BCUT2D eigenvalue weighted by Gasteiger charge is 2.14. The molecule has 0 radical (unpaired) electrons. The minimum absolute atomic E-state index is 0.0109. The van der Waals surface area contributed by atoms with Gasteiger partial charge in [-0.3, -0.25) is 10.1 Å². The molecule has 1 rings (SSSR count). The Bertz CT molecular complexity index is 417. The number of nitro groups is 1. The summed E-state index contributed by atoms with van der Waals surface area (Å²) in [5.74, 6) is 1.02. The van der Waals surface area contributed by atoms with Crippen molar-refractivity contribution >= 4 is 5.69 Å². The first-order valence-electron chi connectivity index (χ1n) is 5.98. The van der Waals surface area contributed by atoms with E-state index in [1.165, 1.54) is 12.1 Å². The number of non-ortho nitro benzene ring substituents is 1. The van der Waals surface area contributed by atoms with Crippen LogP contribution in [0.1, 0.15) is 32.8 Å². The lowest BCUT2D eigenvalue weighted by Gasteiger charge is -2.18. The monoisotopic (exact) mass is 253 g/mol. The van der Waals surface area contributed by atoms with Gasteiger partial charge in [0.2, 0.25) is 0 Å². The minimum atomic E-state index is -0.486. The van der Waals surface area contributed by atoms with E-state index in [1.807, 2.05) is 6.92 Å². The smallest absolute Gasteiger partial charge is 0.270 e. The van der Waals surface area contributed by atoms with E-state index in [-0.39, 0.29) is 18.4 Å². The third-order valence-electron chi connectivity index (χ3n) is 2.56. The van der Waals surface area contributed by atoms with E-state index in [1.54, 1.807) is 6.07 Å². The molecule has 0 saturated heterocycles. The number of rotatable bonds is 6. The average molecular weight is 253 g/mol. The van der Waals surface area contributed by atoms with Crippen molar-refractivity contribution in [2.45, 2.75) is 39.9 Å². The lowest BCUT2D eigenvalue weighted by Crippen LogP contribution is -2.15. The first-order valence-corrected chi connectivity index (χ1v) is 5.98. The summed E-state index contributed by atoms with van der Waals surface area (Å²) in [4.78, 5) is 10.1. The molecule has 100 valence electrons. The second-order valence-electron chi connectivity index (χ2n) is 4.77. The third-order valence-corrected chi connectivity index (χ3v) is 2.56. The molecule has 0 aliphatic rings. The van der Waals surface area contributed by atoms with Gasteiger partial charge in [0.1, 0.15) is 5.75 Å². The topological polar surface area (TPSA) is 72.6 Å². The van der Waals surface area contributed by atoms with Crippen LogP contribution in [0.3, 0.4) is 0 Å². The number of nitrogens with zero attached hydrogens (tertiary/aromatic N) is 1. The molecule has 0 aliphatic heterocycles. The lowest BCUT2D eigenvalue weighted by molar-refractivity contribution is -0.385. The second kappa shape index (κ2) is 6.35. The Balaban J connectivity index is 2.85. The second-order valence-corrected chi connectivity index (χ2v) is 4.77. The van der Waals surface area contributed by atoms with Gasteiger partial charge in [-0.25, -0.2) is 0 Å². The number of nitro benzene ring substituents is 1. The highest BCUT2D eigenvalue weighted by molar-refractivity contribution is 5.43. The van der Waals surface area contributed by atoms with Crippen molar-refractivity contribution < 1.29 is 14.8 Å². The van der Waals surface area contributed by atoms with Crippen LogP contribution in [0.4, 0.5) is 5.69 Å². The molecule has 0 bridgehead atoms. The summed E-state index contributed by atoms with van der Waals surface area (Å²) in [5, 5.41) is 19.8. The Morgan fingerprint density at radius 3 is 2.56 bits per heavy atom. The third kappa shape index (κ3) is 4.00. The van der Waals surface area contributed by atoms with E-state index >= 15 is 0 Å². The van der Waals surface area contributed by atoms with Gasteiger partial charge in [0.05, 0.1) is 17.6 Å². The SMILES string of the molecule is CC(C)CC(C)Oc1ccc([N+](=O)[O-])cc1CO. The lowest BCUT2D eigenvalue weighted by atomic mass is 10.1. The van der Waals surface area contributed by atoms with Gasteiger partial charge in [0.25, 0.3) is 5.69 Å². The largest absolute Gasteiger partial charge is 0.490 e. The number of aliphatic hydroxyl groups is 1. The van der Waals surface area contributed by atoms with Gasteiger partial charge in [-0.1, -0.05) is 13.8 Å². The van der Waals surface area contributed by atoms with Gasteiger partial charge in [-0.15, -0.1) is 0 Å². The van der Waals surface area contributed by atoms with Crippen LogP contribution >= 0.6 is 0 Å². The Hall–Kier alpha value is -1.62. The van der Waals surface area contributed by atoms with Crippen molar-refractivity contribution in [2.75, 3.05) is 0 Å². The molecule has 0 fully saturated rings. The van der Waals surface area contributed by atoms with Crippen LogP contribution in [-0.2, 0) is 6.61 Å². The van der Waals surface area contributed by atoms with Crippen LogP contribution in [0, 0.1) is 16.0 Å². The van der Waals surface area contributed by atoms with Crippen molar-refractivity contribution in [2.24, 2.45) is 5.92 Å². The van der Waals surface area contributed by atoms with Gasteiger partial charge in [-0.2, -0.15) is 0 Å². The van der Waals surface area contributed by atoms with E-state index in [2.05, 4.69) is 13.8 Å². The standard InChI is InChI=1S/C13H19NO4/c1-9(2)6-10(3)18-13-5-4-12(14(16)17)7-11(13)8-15/h4-5,7,9-10,15H,6,8H2,1-3H3. The van der Waals surface area contributed by atoms with Crippen LogP contribution in [0.15, 0.2) is 18.2 Å². The molecule has 5 nitrogen and oxygen atoms in total. The van der Waals surface area contributed by atoms with Crippen LogP contribution in [0.25, 0.3) is 0 Å². The first kappa shape index (κ1) is 14.4. The normalized spacial score (nSPS) is 12.5. The van der Waals surface area contributed by atoms with Crippen LogP contribution in [0.2, 0.25) is 0 Å². The van der Waals surface area contributed by atoms with E-state index in [9.17, 15) is 15.2 Å². The van der Waals surface area contributed by atoms with Crippen molar-refractivity contribution in [3.8, 4) is 5.75 Å². The van der Waals surface area contributed by atoms with Crippen LogP contribution in [0.5, 0.6) is 5.75 Å². The summed E-state index contributed by atoms with van der Waals surface area (Å²) in [6.07, 6.45) is 0.902. The summed E-state index contributed by atoms with van der Waals surface area (Å²) < 4.78 is 5.70. The number of benzene rings is 1. The van der Waals surface area contributed by atoms with Crippen LogP contribution in [-0.4, -0.2) is 16.1 Å². The first-order chi connectivity index (χ1) is 8.43. The number of aliphatic hydroxyl groups excluding tert-OH is 1. The number of hydrogen-bond donors (Lipinski definition) is 1. The summed E-state index contributed by atoms with van der Waals surface area (Å²) in [6, 6.07) is 4.27. The fourth-order valence-corrected chi connectivity index (χ4v) is 1.85. The minimum Gasteiger partial charge on any atom is -0.490 e. The quantitative estimate of drug-likeness (QED) is 0.625. The zero-order chi connectivity index (χ0) is 13.7. The number of hydrogen-bond acceptors (Lipinski definition) is 4. The van der Waals surface area contributed by atoms with Crippen molar-refractivity contribution in [3.05, 3.63) is 33.9 Å². The summed E-state index contributed by atoms with van der Waals surface area (Å²) in [5.41, 5.74) is 0.405. The summed E-state index contributed by atoms with van der Waals surface area (Å²) >= 11 is 0. The molecule has 0 amide bonds. The summed E-state index contributed by atoms with van der Waals surface area (Å²) in [6.45, 7) is 5.87. The highest BCUT2D eigenvalue weighted by atomic mass is 16.6. The van der Waals surface area contributed by atoms with Crippen molar-refractivity contribution in [1.82, 2.24) is 0 Å². The molecule has 0 aromatic heterocycles. The van der Waals surface area contributed by atoms with Gasteiger partial charge in [0, 0.05) is 17.7 Å². The zero-order valence-corrected chi connectivity index (χ0v) is 10.9. The van der Waals surface area contributed by atoms with Crippen LogP contribution < -0.4 is 4.74 Å². The Labute approximate surface area is 107 Å². The van der Waals surface area contributed by atoms with Gasteiger partial charge in [-0.05, 0) is 25.3 Å². The van der Waals surface area contributed by atoms with Gasteiger partial charge < -0.3 is 9.84 Å². The summed E-state index contributed by atoms with van der Waals surface area (Å²) in [7, 11) is 0. The van der Waals surface area contributed by atoms with E-state index < -0.39 is 4.92 Å². The molecule has 5 heteroatoms. The Morgan fingerprint density at radius 1 is 1.39 bits per heavy atom. The molecular formula is C13H19NO4. The molecule has 0 spiro atoms. The zero-order valence-electron chi connectivity index (χ0n) is 10.9. The average Bonchev–Trinajstić information content (AvgIpc) is 2.27. The maximum atomic E-state index is 10.6. The molecule has 0 aliphatic carbocycles. The van der Waals surface area contributed by atoms with E-state index in [4.69, 9.17) is 4.74 Å². The number of ether oxygens (including phenoxy) is 1. The molecular weight excluding hydrogens is 234 g/mol. The molecule has 1 N–H and O–H groups in total. The Morgan fingerprint density at radius 2 is 2.06 bits per heavy atom. The molecule has 0 heterocycles. The Kier molecular flexibility index (Phi) is 5.09. The van der Waals surface area contributed by atoms with Gasteiger partial charge in [0.15, 0.2) is 0 Å². The fraction of sp³-hybridized carbons (Fsp3) is 0.538. The predicted octanol–water partition coefficient (Wildman–Crippen LogP) is 2.90. The van der Waals surface area contributed by atoms with E-state index in [0.29, 0.717) is 17.2 Å². The molecule has 1 aromatic rings. The maximum absolute atomic E-state index is 10.6. The molecule has 1 unspecified atom stereocenters. The molecule has 18 heavy (non-hydrogen) atoms. The van der Waals surface area contributed by atoms with Crippen molar-refractivity contribution in [3.63, 3.8) is 0 Å². The maximum Gasteiger partial charge on any atom is 0.270 e. The highest BCUT2D eigenvalue weighted by Crippen LogP contribution is 2.26.